The van der Waals surface area contributed by atoms with Gasteiger partial charge in [0.1, 0.15) is 0 Å². The van der Waals surface area contributed by atoms with Gasteiger partial charge in [0.05, 0.1) is 23.7 Å². The standard InChI is InChI=1S/C33H31BrN2O4/c1-33(2,3)25-15-13-24(14-16-25)31(39)35-28-18-17-26(34)19-27(28)32(40)36-29(20-30(37)38)23-11-9-22(10-12-23)21-7-5-4-6-8-21/h4-19,29H,20H2,1-3H3,(H,35,39)(H,36,40)(H,37,38). The molecule has 4 rings (SSSR count). The predicted molar refractivity (Wildman–Crippen MR) is 162 cm³/mol. The molecule has 0 fully saturated rings. The molecule has 40 heavy (non-hydrogen) atoms. The molecule has 7 heteroatoms. The lowest BCUT2D eigenvalue weighted by atomic mass is 9.86. The second kappa shape index (κ2) is 12.3. The Hall–Kier alpha value is -4.23. The Kier molecular flexibility index (Phi) is 8.85. The monoisotopic (exact) mass is 598 g/mol. The number of aliphatic carboxylic acids is 1. The lowest BCUT2D eigenvalue weighted by molar-refractivity contribution is -0.137. The second-order valence-corrected chi connectivity index (χ2v) is 11.5. The van der Waals surface area contributed by atoms with Gasteiger partial charge in [-0.15, -0.1) is 0 Å². The number of carbonyl (C=O) groups is 3. The van der Waals surface area contributed by atoms with E-state index in [-0.39, 0.29) is 23.3 Å². The van der Waals surface area contributed by atoms with Gasteiger partial charge in [-0.3, -0.25) is 14.4 Å². The molecule has 0 aliphatic carbocycles. The minimum absolute atomic E-state index is 0.0413. The average Bonchev–Trinajstić information content (AvgIpc) is 2.93. The highest BCUT2D eigenvalue weighted by Gasteiger charge is 2.22. The first-order valence-corrected chi connectivity index (χ1v) is 13.7. The van der Waals surface area contributed by atoms with Crippen molar-refractivity contribution in [3.8, 4) is 11.1 Å². The molecular weight excluding hydrogens is 568 g/mol. The minimum atomic E-state index is -1.04. The number of carbonyl (C=O) groups excluding carboxylic acids is 2. The molecular formula is C33H31BrN2O4. The van der Waals surface area contributed by atoms with Crippen molar-refractivity contribution >= 4 is 39.4 Å². The number of nitrogens with one attached hydrogen (secondary N) is 2. The second-order valence-electron chi connectivity index (χ2n) is 10.6. The van der Waals surface area contributed by atoms with Crippen LogP contribution in [0.3, 0.4) is 0 Å². The maximum absolute atomic E-state index is 13.5. The molecule has 6 nitrogen and oxygen atoms in total. The van der Waals surface area contributed by atoms with Crippen molar-refractivity contribution in [2.75, 3.05) is 5.32 Å². The van der Waals surface area contributed by atoms with E-state index in [2.05, 4.69) is 47.3 Å². The zero-order valence-corrected chi connectivity index (χ0v) is 24.2. The Bertz CT molecular complexity index is 1510. The smallest absolute Gasteiger partial charge is 0.305 e. The number of carboxylic acids is 1. The summed E-state index contributed by atoms with van der Waals surface area (Å²) in [6, 6.07) is 28.8. The molecule has 1 atom stereocenters. The highest BCUT2D eigenvalue weighted by molar-refractivity contribution is 9.10. The third-order valence-corrected chi connectivity index (χ3v) is 7.09. The number of anilines is 1. The maximum atomic E-state index is 13.5. The van der Waals surface area contributed by atoms with E-state index in [4.69, 9.17) is 0 Å². The van der Waals surface area contributed by atoms with Crippen LogP contribution in [0.25, 0.3) is 11.1 Å². The molecule has 0 bridgehead atoms. The normalized spacial score (nSPS) is 11.9. The van der Waals surface area contributed by atoms with Crippen LogP contribution < -0.4 is 10.6 Å². The van der Waals surface area contributed by atoms with Crippen LogP contribution in [0.2, 0.25) is 0 Å². The van der Waals surface area contributed by atoms with Crippen molar-refractivity contribution in [2.24, 2.45) is 0 Å². The first kappa shape index (κ1) is 28.8. The molecule has 0 saturated heterocycles. The molecule has 0 radical (unpaired) electrons. The number of hydrogen-bond donors (Lipinski definition) is 3. The summed E-state index contributed by atoms with van der Waals surface area (Å²) in [5.74, 6) is -1.90. The number of benzene rings is 4. The first-order chi connectivity index (χ1) is 19.0. The number of hydrogen-bond acceptors (Lipinski definition) is 3. The zero-order valence-electron chi connectivity index (χ0n) is 22.6. The Balaban J connectivity index is 1.56. The van der Waals surface area contributed by atoms with Gasteiger partial charge in [-0.25, -0.2) is 0 Å². The summed E-state index contributed by atoms with van der Waals surface area (Å²) in [7, 11) is 0. The summed E-state index contributed by atoms with van der Waals surface area (Å²) in [4.78, 5) is 38.2. The Morgan fingerprint density at radius 3 is 2.02 bits per heavy atom. The fourth-order valence-corrected chi connectivity index (χ4v) is 4.69. The average molecular weight is 600 g/mol. The summed E-state index contributed by atoms with van der Waals surface area (Å²) in [5, 5.41) is 15.2. The molecule has 204 valence electrons. The van der Waals surface area contributed by atoms with Crippen LogP contribution in [0.15, 0.2) is 102 Å². The lowest BCUT2D eigenvalue weighted by Crippen LogP contribution is -2.31. The van der Waals surface area contributed by atoms with Gasteiger partial charge in [0.2, 0.25) is 0 Å². The van der Waals surface area contributed by atoms with Crippen LogP contribution in [-0.2, 0) is 10.2 Å². The summed E-state index contributed by atoms with van der Waals surface area (Å²) in [5.41, 5.74) is 4.74. The van der Waals surface area contributed by atoms with E-state index in [1.807, 2.05) is 66.7 Å². The van der Waals surface area contributed by atoms with Crippen LogP contribution in [0, 0.1) is 0 Å². The van der Waals surface area contributed by atoms with Gasteiger partial charge in [0.15, 0.2) is 0 Å². The number of carboxylic acid groups (broad SMARTS) is 1. The molecule has 1 unspecified atom stereocenters. The molecule has 2 amide bonds. The topological polar surface area (TPSA) is 95.5 Å². The van der Waals surface area contributed by atoms with Gasteiger partial charge in [0, 0.05) is 10.0 Å². The Morgan fingerprint density at radius 1 is 0.800 bits per heavy atom. The van der Waals surface area contributed by atoms with Gasteiger partial charge in [-0.05, 0) is 58.0 Å². The molecule has 4 aromatic carbocycles. The molecule has 3 N–H and O–H groups in total. The van der Waals surface area contributed by atoms with Gasteiger partial charge in [0.25, 0.3) is 11.8 Å². The molecule has 0 saturated carbocycles. The fourth-order valence-electron chi connectivity index (χ4n) is 4.33. The van der Waals surface area contributed by atoms with Crippen molar-refractivity contribution in [1.29, 1.82) is 0 Å². The highest BCUT2D eigenvalue weighted by Crippen LogP contribution is 2.27. The van der Waals surface area contributed by atoms with E-state index >= 15 is 0 Å². The van der Waals surface area contributed by atoms with E-state index in [1.54, 1.807) is 30.3 Å². The summed E-state index contributed by atoms with van der Waals surface area (Å²) in [6.07, 6.45) is -0.299. The molecule has 0 spiro atoms. The van der Waals surface area contributed by atoms with Crippen LogP contribution in [0.1, 0.15) is 65.1 Å². The summed E-state index contributed by atoms with van der Waals surface area (Å²) >= 11 is 3.40. The van der Waals surface area contributed by atoms with Gasteiger partial charge in [-0.2, -0.15) is 0 Å². The van der Waals surface area contributed by atoms with Crippen molar-refractivity contribution in [1.82, 2.24) is 5.32 Å². The molecule has 4 aromatic rings. The SMILES string of the molecule is CC(C)(C)c1ccc(C(=O)Nc2ccc(Br)cc2C(=O)NC(CC(=O)O)c2ccc(-c3ccccc3)cc2)cc1. The first-order valence-electron chi connectivity index (χ1n) is 12.9. The largest absolute Gasteiger partial charge is 0.481 e. The quantitative estimate of drug-likeness (QED) is 0.194. The summed E-state index contributed by atoms with van der Waals surface area (Å²) in [6.45, 7) is 6.30. The van der Waals surface area contributed by atoms with Crippen molar-refractivity contribution < 1.29 is 19.5 Å². The number of halogens is 1. The van der Waals surface area contributed by atoms with Crippen LogP contribution >= 0.6 is 15.9 Å². The number of amides is 2. The maximum Gasteiger partial charge on any atom is 0.305 e. The van der Waals surface area contributed by atoms with Crippen LogP contribution in [-0.4, -0.2) is 22.9 Å². The van der Waals surface area contributed by atoms with Crippen molar-refractivity contribution in [3.63, 3.8) is 0 Å². The Morgan fingerprint density at radius 2 is 1.43 bits per heavy atom. The minimum Gasteiger partial charge on any atom is -0.481 e. The van der Waals surface area contributed by atoms with Crippen molar-refractivity contribution in [3.05, 3.63) is 124 Å². The van der Waals surface area contributed by atoms with E-state index in [0.29, 0.717) is 21.3 Å². The van der Waals surface area contributed by atoms with Crippen LogP contribution in [0.5, 0.6) is 0 Å². The van der Waals surface area contributed by atoms with E-state index in [0.717, 1.165) is 16.7 Å². The third-order valence-electron chi connectivity index (χ3n) is 6.59. The molecule has 0 aromatic heterocycles. The fraction of sp³-hybridized carbons (Fsp3) is 0.182. The summed E-state index contributed by atoms with van der Waals surface area (Å²) < 4.78 is 0.646. The molecule has 0 aliphatic rings. The lowest BCUT2D eigenvalue weighted by Gasteiger charge is -2.20. The van der Waals surface area contributed by atoms with E-state index in [9.17, 15) is 19.5 Å². The number of rotatable bonds is 8. The van der Waals surface area contributed by atoms with E-state index in [1.165, 1.54) is 0 Å². The highest BCUT2D eigenvalue weighted by atomic mass is 79.9. The van der Waals surface area contributed by atoms with Crippen molar-refractivity contribution in [2.45, 2.75) is 38.6 Å². The van der Waals surface area contributed by atoms with Gasteiger partial charge >= 0.3 is 5.97 Å². The Labute approximate surface area is 242 Å². The van der Waals surface area contributed by atoms with Crippen LogP contribution in [0.4, 0.5) is 5.69 Å². The van der Waals surface area contributed by atoms with Gasteiger partial charge < -0.3 is 15.7 Å². The third kappa shape index (κ3) is 7.24. The molecule has 0 aliphatic heterocycles. The molecule has 0 heterocycles. The predicted octanol–water partition coefficient (Wildman–Crippen LogP) is 7.61. The van der Waals surface area contributed by atoms with E-state index < -0.39 is 17.9 Å². The van der Waals surface area contributed by atoms with Gasteiger partial charge in [-0.1, -0.05) is 103 Å². The zero-order chi connectivity index (χ0) is 28.9.